The van der Waals surface area contributed by atoms with Gasteiger partial charge in [0.1, 0.15) is 17.2 Å². The van der Waals surface area contributed by atoms with Gasteiger partial charge in [-0.05, 0) is 100 Å². The number of allylic oxidation sites excluding steroid dienone is 8. The van der Waals surface area contributed by atoms with Gasteiger partial charge in [-0.25, -0.2) is 0 Å². The van der Waals surface area contributed by atoms with E-state index >= 15 is 0 Å². The first-order valence-electron chi connectivity index (χ1n) is 16.0. The van der Waals surface area contributed by atoms with Crippen LogP contribution < -0.4 is 0 Å². The van der Waals surface area contributed by atoms with Gasteiger partial charge in [0.25, 0.3) is 0 Å². The van der Waals surface area contributed by atoms with E-state index in [2.05, 4.69) is 56.2 Å². The van der Waals surface area contributed by atoms with Crippen molar-refractivity contribution in [1.29, 1.82) is 0 Å². The quantitative estimate of drug-likeness (QED) is 0.0884. The molecule has 0 amide bonds. The van der Waals surface area contributed by atoms with E-state index in [-0.39, 0.29) is 29.1 Å². The molecule has 4 nitrogen and oxygen atoms in total. The van der Waals surface area contributed by atoms with Gasteiger partial charge >= 0.3 is 0 Å². The molecule has 4 heteroatoms. The largest absolute Gasteiger partial charge is 0.512 e. The number of rotatable bonds is 13. The zero-order valence-electron chi connectivity index (χ0n) is 26.6. The molecule has 0 aliphatic heterocycles. The number of hydrogen-bond donors (Lipinski definition) is 4. The molecule has 0 radical (unpaired) electrons. The van der Waals surface area contributed by atoms with Crippen LogP contribution in [0.2, 0.25) is 0 Å². The lowest BCUT2D eigenvalue weighted by Gasteiger charge is -2.24. The summed E-state index contributed by atoms with van der Waals surface area (Å²) in [5.41, 5.74) is 8.71. The summed E-state index contributed by atoms with van der Waals surface area (Å²) in [4.78, 5) is 0. The Hall–Kier alpha value is -5.48. The van der Waals surface area contributed by atoms with E-state index in [9.17, 15) is 20.4 Å². The van der Waals surface area contributed by atoms with Gasteiger partial charge in [-0.3, -0.25) is 0 Å². The Morgan fingerprint density at radius 2 is 1.09 bits per heavy atom. The van der Waals surface area contributed by atoms with E-state index in [1.165, 1.54) is 0 Å². The van der Waals surface area contributed by atoms with E-state index < -0.39 is 0 Å². The number of phenolic OH excluding ortho intramolecular Hbond substituents is 3. The molecule has 2 atom stereocenters. The van der Waals surface area contributed by atoms with Crippen molar-refractivity contribution in [3.05, 3.63) is 197 Å². The van der Waals surface area contributed by atoms with E-state index in [1.54, 1.807) is 36.4 Å². The maximum absolute atomic E-state index is 10.8. The Morgan fingerprint density at radius 3 is 1.62 bits per heavy atom. The van der Waals surface area contributed by atoms with Gasteiger partial charge in [-0.15, -0.1) is 19.7 Å². The highest BCUT2D eigenvalue weighted by molar-refractivity contribution is 5.54. The summed E-state index contributed by atoms with van der Waals surface area (Å²) in [7, 11) is 0. The molecule has 47 heavy (non-hydrogen) atoms. The number of benzene rings is 4. The van der Waals surface area contributed by atoms with Crippen molar-refractivity contribution in [2.24, 2.45) is 0 Å². The van der Waals surface area contributed by atoms with Crippen LogP contribution in [0, 0.1) is 0 Å². The number of hydrogen-bond acceptors (Lipinski definition) is 4. The van der Waals surface area contributed by atoms with Crippen molar-refractivity contribution < 1.29 is 20.4 Å². The molecule has 0 spiro atoms. The first kappa shape index (κ1) is 32.9. The van der Waals surface area contributed by atoms with Crippen molar-refractivity contribution in [2.45, 2.75) is 43.9 Å². The van der Waals surface area contributed by atoms with Crippen LogP contribution in [-0.2, 0) is 12.8 Å². The first-order chi connectivity index (χ1) is 22.8. The molecule has 1 aliphatic rings. The predicted molar refractivity (Wildman–Crippen MR) is 192 cm³/mol. The Balaban J connectivity index is 1.64. The summed E-state index contributed by atoms with van der Waals surface area (Å²) >= 11 is 0. The van der Waals surface area contributed by atoms with Crippen molar-refractivity contribution in [3.8, 4) is 17.2 Å². The monoisotopic (exact) mass is 622 g/mol. The minimum Gasteiger partial charge on any atom is -0.512 e. The number of aliphatic hydroxyl groups is 1. The molecule has 0 aromatic heterocycles. The number of phenols is 3. The molecule has 0 bridgehead atoms. The lowest BCUT2D eigenvalue weighted by Crippen LogP contribution is -2.07. The van der Waals surface area contributed by atoms with Gasteiger partial charge in [0.15, 0.2) is 0 Å². The number of aliphatic hydroxyl groups excluding tert-OH is 1. The van der Waals surface area contributed by atoms with Crippen molar-refractivity contribution in [3.63, 3.8) is 0 Å². The molecule has 0 saturated carbocycles. The molecule has 4 aromatic rings. The molecule has 0 saturated heterocycles. The molecule has 0 fully saturated rings. The SMILES string of the molecule is C=CCCC1=C(O)CC=CC(C(c2ccc(C(c3ccc(O)cc3)c3ccc(O)c(CC=C)c3)cc2)c2ccc(O)c(CC=C)c2)=C1. The summed E-state index contributed by atoms with van der Waals surface area (Å²) in [6.07, 6.45) is 14.6. The summed E-state index contributed by atoms with van der Waals surface area (Å²) in [6, 6.07) is 27.3. The molecular formula is C43H42O4. The molecule has 5 rings (SSSR count). The zero-order valence-corrected chi connectivity index (χ0v) is 26.6. The smallest absolute Gasteiger partial charge is 0.119 e. The van der Waals surface area contributed by atoms with Crippen LogP contribution in [0.1, 0.15) is 70.0 Å². The second-order valence-corrected chi connectivity index (χ2v) is 11.9. The van der Waals surface area contributed by atoms with Gasteiger partial charge in [0.2, 0.25) is 0 Å². The van der Waals surface area contributed by atoms with E-state index in [0.717, 1.165) is 56.5 Å². The van der Waals surface area contributed by atoms with Crippen LogP contribution in [0.15, 0.2) is 158 Å². The van der Waals surface area contributed by atoms with Gasteiger partial charge in [-0.2, -0.15) is 0 Å². The fraction of sp³-hybridized carbons (Fsp3) is 0.163. The van der Waals surface area contributed by atoms with Gasteiger partial charge in [0.05, 0.1) is 5.76 Å². The molecule has 4 N–H and O–H groups in total. The van der Waals surface area contributed by atoms with Crippen LogP contribution in [0.4, 0.5) is 0 Å². The fourth-order valence-corrected chi connectivity index (χ4v) is 6.33. The van der Waals surface area contributed by atoms with Crippen LogP contribution in [-0.4, -0.2) is 20.4 Å². The summed E-state index contributed by atoms with van der Waals surface area (Å²) in [5.74, 6) is 0.714. The summed E-state index contributed by atoms with van der Waals surface area (Å²) in [6.45, 7) is 11.6. The minimum absolute atomic E-state index is 0.150. The lowest BCUT2D eigenvalue weighted by atomic mass is 9.80. The van der Waals surface area contributed by atoms with Crippen molar-refractivity contribution in [1.82, 2.24) is 0 Å². The van der Waals surface area contributed by atoms with Crippen LogP contribution in [0.3, 0.4) is 0 Å². The number of aromatic hydroxyl groups is 3. The van der Waals surface area contributed by atoms with E-state index in [1.807, 2.05) is 48.6 Å². The Morgan fingerprint density at radius 1 is 0.596 bits per heavy atom. The Bertz CT molecular complexity index is 1840. The van der Waals surface area contributed by atoms with Gasteiger partial charge in [0, 0.05) is 18.3 Å². The standard InChI is InChI=1S/C43H42O4/c1-4-7-11-34-28-35(12-8-13-39(34)45)43(37-21-25-41(47)33(27-37)10-6-3)30-16-14-29(15-17-30)42(31-18-22-38(44)23-19-31)36-20-24-40(46)32(26-36)9-5-2/h4-6,8,12,14-28,42-47H,1-3,7,9-11,13H2. The Kier molecular flexibility index (Phi) is 10.6. The topological polar surface area (TPSA) is 80.9 Å². The normalized spacial score (nSPS) is 14.2. The molecule has 0 heterocycles. The lowest BCUT2D eigenvalue weighted by molar-refractivity contribution is 0.394. The highest BCUT2D eigenvalue weighted by Gasteiger charge is 2.23. The fourth-order valence-electron chi connectivity index (χ4n) is 6.33. The third kappa shape index (κ3) is 7.67. The minimum atomic E-state index is -0.172. The van der Waals surface area contributed by atoms with Gasteiger partial charge in [-0.1, -0.05) is 97.1 Å². The van der Waals surface area contributed by atoms with E-state index in [4.69, 9.17) is 0 Å². The third-order valence-corrected chi connectivity index (χ3v) is 8.72. The van der Waals surface area contributed by atoms with Crippen LogP contribution in [0.5, 0.6) is 17.2 Å². The second-order valence-electron chi connectivity index (χ2n) is 11.9. The zero-order chi connectivity index (χ0) is 33.3. The second kappa shape index (κ2) is 15.2. The summed E-state index contributed by atoms with van der Waals surface area (Å²) in [5, 5.41) is 41.9. The maximum atomic E-state index is 10.8. The third-order valence-electron chi connectivity index (χ3n) is 8.72. The van der Waals surface area contributed by atoms with E-state index in [0.29, 0.717) is 31.4 Å². The van der Waals surface area contributed by atoms with Crippen molar-refractivity contribution in [2.75, 3.05) is 0 Å². The maximum Gasteiger partial charge on any atom is 0.119 e. The molecular weight excluding hydrogens is 580 g/mol. The Labute approximate surface area is 278 Å². The predicted octanol–water partition coefficient (Wildman–Crippen LogP) is 10.2. The summed E-state index contributed by atoms with van der Waals surface area (Å²) < 4.78 is 0. The first-order valence-corrected chi connectivity index (χ1v) is 16.0. The highest BCUT2D eigenvalue weighted by Crippen LogP contribution is 2.40. The van der Waals surface area contributed by atoms with Crippen LogP contribution >= 0.6 is 0 Å². The van der Waals surface area contributed by atoms with Gasteiger partial charge < -0.3 is 20.4 Å². The average Bonchev–Trinajstić information content (AvgIpc) is 3.25. The average molecular weight is 623 g/mol. The van der Waals surface area contributed by atoms with Crippen LogP contribution in [0.25, 0.3) is 0 Å². The molecule has 1 aliphatic carbocycles. The molecule has 4 aromatic carbocycles. The molecule has 238 valence electrons. The highest BCUT2D eigenvalue weighted by atomic mass is 16.3. The van der Waals surface area contributed by atoms with Crippen molar-refractivity contribution >= 4 is 0 Å². The molecule has 2 unspecified atom stereocenters.